The number of nitrogens with zero attached hydrogens (tertiary/aromatic N) is 3. The molecule has 6 nitrogen and oxygen atoms in total. The molecule has 2 heterocycles. The van der Waals surface area contributed by atoms with E-state index >= 15 is 0 Å². The monoisotopic (exact) mass is 537 g/mol. The predicted molar refractivity (Wildman–Crippen MR) is 154 cm³/mol. The molecule has 0 N–H and O–H groups in total. The number of hydrogen-bond donors (Lipinski definition) is 0. The van der Waals surface area contributed by atoms with Crippen LogP contribution < -0.4 is 0 Å². The number of hydrogen-bond acceptors (Lipinski definition) is 6. The Morgan fingerprint density at radius 2 is 1.70 bits per heavy atom. The third kappa shape index (κ3) is 5.37. The number of esters is 1. The second-order valence-electron chi connectivity index (χ2n) is 10.9. The van der Waals surface area contributed by atoms with Gasteiger partial charge in [-0.15, -0.1) is 0 Å². The molecular weight excluding hydrogens is 505 g/mol. The number of aliphatic imine (C=N–C) groups is 1. The first-order valence-electron chi connectivity index (χ1n) is 13.4. The van der Waals surface area contributed by atoms with E-state index in [4.69, 9.17) is 14.3 Å². The maximum Gasteiger partial charge on any atom is 0.311 e. The van der Waals surface area contributed by atoms with Gasteiger partial charge < -0.3 is 9.26 Å². The first-order chi connectivity index (χ1) is 19.2. The Kier molecular flexibility index (Phi) is 7.48. The molecule has 1 aliphatic rings. The van der Waals surface area contributed by atoms with Gasteiger partial charge in [-0.1, -0.05) is 87.1 Å². The molecule has 3 aromatic carbocycles. The van der Waals surface area contributed by atoms with Crippen molar-refractivity contribution in [1.82, 2.24) is 10.1 Å². The summed E-state index contributed by atoms with van der Waals surface area (Å²) in [6, 6.07) is 20.2. The van der Waals surface area contributed by atoms with Gasteiger partial charge in [-0.2, -0.15) is 4.98 Å². The van der Waals surface area contributed by atoms with E-state index in [1.165, 1.54) is 6.07 Å². The Morgan fingerprint density at radius 1 is 1.05 bits per heavy atom. The second-order valence-corrected chi connectivity index (χ2v) is 10.9. The van der Waals surface area contributed by atoms with Gasteiger partial charge in [-0.3, -0.25) is 9.79 Å². The Labute approximate surface area is 233 Å². The van der Waals surface area contributed by atoms with Crippen LogP contribution >= 0.6 is 0 Å². The normalized spacial score (nSPS) is 17.0. The van der Waals surface area contributed by atoms with Crippen LogP contribution in [0.5, 0.6) is 0 Å². The lowest BCUT2D eigenvalue weighted by atomic mass is 9.90. The molecular formula is C33H32FN3O3. The summed E-state index contributed by atoms with van der Waals surface area (Å²) in [5, 5.41) is 4.11. The molecule has 2 atom stereocenters. The number of aromatic nitrogens is 2. The van der Waals surface area contributed by atoms with Crippen LogP contribution in [0, 0.1) is 11.7 Å². The molecule has 0 unspecified atom stereocenters. The smallest absolute Gasteiger partial charge is 0.311 e. The topological polar surface area (TPSA) is 77.6 Å². The summed E-state index contributed by atoms with van der Waals surface area (Å²) < 4.78 is 25.7. The molecule has 0 saturated heterocycles. The summed E-state index contributed by atoms with van der Waals surface area (Å²) in [5.41, 5.74) is 5.14. The molecule has 204 valence electrons. The van der Waals surface area contributed by atoms with E-state index in [0.29, 0.717) is 35.0 Å². The average Bonchev–Trinajstić information content (AvgIpc) is 3.62. The first kappa shape index (κ1) is 27.2. The summed E-state index contributed by atoms with van der Waals surface area (Å²) in [7, 11) is 0. The zero-order valence-corrected chi connectivity index (χ0v) is 23.1. The van der Waals surface area contributed by atoms with Crippen LogP contribution in [0.3, 0.4) is 0 Å². The maximum absolute atomic E-state index is 14.9. The molecule has 0 fully saturated rings. The second kappa shape index (κ2) is 11.0. The number of halogens is 1. The third-order valence-corrected chi connectivity index (χ3v) is 7.05. The van der Waals surface area contributed by atoms with Gasteiger partial charge in [0.2, 0.25) is 0 Å². The summed E-state index contributed by atoms with van der Waals surface area (Å²) in [5.74, 6) is -0.103. The highest BCUT2D eigenvalue weighted by atomic mass is 19.1. The van der Waals surface area contributed by atoms with Gasteiger partial charge in [0.1, 0.15) is 5.82 Å². The Hall–Kier alpha value is -4.39. The number of rotatable bonds is 7. The fraction of sp³-hybridized carbons (Fsp3) is 0.273. The highest BCUT2D eigenvalue weighted by molar-refractivity contribution is 6.06. The van der Waals surface area contributed by atoms with Crippen molar-refractivity contribution in [2.45, 2.75) is 45.6 Å². The van der Waals surface area contributed by atoms with Crippen molar-refractivity contribution >= 4 is 17.8 Å². The molecule has 0 bridgehead atoms. The van der Waals surface area contributed by atoms with E-state index in [2.05, 4.69) is 16.7 Å². The van der Waals surface area contributed by atoms with E-state index in [9.17, 15) is 9.18 Å². The summed E-state index contributed by atoms with van der Waals surface area (Å²) in [4.78, 5) is 22.3. The Bertz CT molecular complexity index is 1560. The highest BCUT2D eigenvalue weighted by Gasteiger charge is 2.38. The van der Waals surface area contributed by atoms with Gasteiger partial charge in [-0.25, -0.2) is 4.39 Å². The van der Waals surface area contributed by atoms with Crippen molar-refractivity contribution < 1.29 is 18.4 Å². The van der Waals surface area contributed by atoms with E-state index < -0.39 is 12.0 Å². The van der Waals surface area contributed by atoms with Crippen molar-refractivity contribution in [2.75, 3.05) is 6.61 Å². The van der Waals surface area contributed by atoms with Crippen molar-refractivity contribution in [3.8, 4) is 22.6 Å². The fourth-order valence-corrected chi connectivity index (χ4v) is 4.90. The van der Waals surface area contributed by atoms with Gasteiger partial charge in [-0.05, 0) is 47.4 Å². The quantitative estimate of drug-likeness (QED) is 0.227. The predicted octanol–water partition coefficient (Wildman–Crippen LogP) is 7.60. The van der Waals surface area contributed by atoms with Crippen molar-refractivity contribution in [2.24, 2.45) is 10.9 Å². The van der Waals surface area contributed by atoms with Gasteiger partial charge in [0.15, 0.2) is 5.82 Å². The van der Waals surface area contributed by atoms with E-state index in [-0.39, 0.29) is 23.8 Å². The molecule has 4 aromatic rings. The lowest BCUT2D eigenvalue weighted by Gasteiger charge is -2.17. The lowest BCUT2D eigenvalue weighted by molar-refractivity contribution is -0.148. The standard InChI is InChI=1S/C33H32FN3O3/c1-6-20-9-8-10-26(34)28(20)27-19-25(31(38)39-7-2)29(35-27)23-15-11-21(12-16-23)22-13-17-24(18-14-22)30-36-32(37-40-30)33(3,4)5/h6,8-18,25,29H,1,7,19H2,2-5H3/t25-,29-/m0/s1. The Morgan fingerprint density at radius 3 is 2.30 bits per heavy atom. The van der Waals surface area contributed by atoms with Gasteiger partial charge in [0, 0.05) is 28.7 Å². The molecule has 7 heteroatoms. The Balaban J connectivity index is 1.42. The van der Waals surface area contributed by atoms with Crippen LogP contribution in [0.4, 0.5) is 4.39 Å². The molecule has 0 saturated carbocycles. The molecule has 40 heavy (non-hydrogen) atoms. The van der Waals surface area contributed by atoms with Crippen LogP contribution in [-0.2, 0) is 14.9 Å². The van der Waals surface area contributed by atoms with Crippen molar-refractivity contribution in [1.29, 1.82) is 0 Å². The molecule has 1 aliphatic heterocycles. The number of carbonyl (C=O) groups is 1. The van der Waals surface area contributed by atoms with Gasteiger partial charge in [0.05, 0.1) is 18.6 Å². The number of ether oxygens (including phenoxy) is 1. The van der Waals surface area contributed by atoms with Crippen LogP contribution in [0.1, 0.15) is 62.7 Å². The maximum atomic E-state index is 14.9. The summed E-state index contributed by atoms with van der Waals surface area (Å²) in [6.45, 7) is 12.0. The average molecular weight is 538 g/mol. The van der Waals surface area contributed by atoms with Crippen LogP contribution in [-0.4, -0.2) is 28.4 Å². The molecule has 1 aromatic heterocycles. The third-order valence-electron chi connectivity index (χ3n) is 7.05. The van der Waals surface area contributed by atoms with E-state index in [1.807, 2.05) is 69.3 Å². The minimum atomic E-state index is -0.537. The molecule has 0 spiro atoms. The number of carbonyl (C=O) groups excluding carboxylic acids is 1. The van der Waals surface area contributed by atoms with Crippen LogP contribution in [0.15, 0.2) is 82.8 Å². The summed E-state index contributed by atoms with van der Waals surface area (Å²) >= 11 is 0. The minimum Gasteiger partial charge on any atom is -0.466 e. The molecule has 5 rings (SSSR count). The largest absolute Gasteiger partial charge is 0.466 e. The lowest BCUT2D eigenvalue weighted by Crippen LogP contribution is -2.21. The van der Waals surface area contributed by atoms with Crippen molar-refractivity contribution in [3.05, 3.63) is 102 Å². The SMILES string of the molecule is C=Cc1cccc(F)c1C1=N[C@@H](c2ccc(-c3ccc(-c4nc(C(C)(C)C)no4)cc3)cc2)[C@@H](C(=O)OCC)C1. The fourth-order valence-electron chi connectivity index (χ4n) is 4.90. The molecule has 0 radical (unpaired) electrons. The van der Waals surface area contributed by atoms with Gasteiger partial charge >= 0.3 is 5.97 Å². The van der Waals surface area contributed by atoms with Crippen molar-refractivity contribution in [3.63, 3.8) is 0 Å². The highest BCUT2D eigenvalue weighted by Crippen LogP contribution is 2.39. The zero-order chi connectivity index (χ0) is 28.4. The summed E-state index contributed by atoms with van der Waals surface area (Å²) in [6.07, 6.45) is 1.90. The molecule has 0 amide bonds. The van der Waals surface area contributed by atoms with E-state index in [1.54, 1.807) is 25.1 Å². The van der Waals surface area contributed by atoms with E-state index in [0.717, 1.165) is 22.3 Å². The zero-order valence-electron chi connectivity index (χ0n) is 23.1. The number of benzene rings is 3. The van der Waals surface area contributed by atoms with Crippen LogP contribution in [0.2, 0.25) is 0 Å². The minimum absolute atomic E-state index is 0.191. The van der Waals surface area contributed by atoms with Gasteiger partial charge in [0.25, 0.3) is 5.89 Å². The molecule has 0 aliphatic carbocycles. The van der Waals surface area contributed by atoms with Crippen LogP contribution in [0.25, 0.3) is 28.7 Å². The first-order valence-corrected chi connectivity index (χ1v) is 13.4.